The molecule has 2 heteroatoms. The van der Waals surface area contributed by atoms with Crippen LogP contribution in [0.5, 0.6) is 0 Å². The Morgan fingerprint density at radius 3 is 2.10 bits per heavy atom. The van der Waals surface area contributed by atoms with Crippen molar-refractivity contribution in [1.29, 1.82) is 0 Å². The van der Waals surface area contributed by atoms with Crippen LogP contribution < -0.4 is 4.90 Å². The SMILES string of the molecule is CC(C)c1ccc(C[NH+](C)C[C@H](O)c2ccccc2)cc1. The first-order valence-corrected chi connectivity index (χ1v) is 7.69. The van der Waals surface area contributed by atoms with Gasteiger partial charge in [0, 0.05) is 5.56 Å². The molecule has 0 fully saturated rings. The molecule has 112 valence electrons. The molecule has 2 nitrogen and oxygen atoms in total. The van der Waals surface area contributed by atoms with E-state index >= 15 is 0 Å². The predicted molar refractivity (Wildman–Crippen MR) is 87.4 cm³/mol. The summed E-state index contributed by atoms with van der Waals surface area (Å²) in [5, 5.41) is 10.3. The largest absolute Gasteiger partial charge is 0.382 e. The van der Waals surface area contributed by atoms with Crippen molar-refractivity contribution in [2.24, 2.45) is 0 Å². The number of nitrogens with one attached hydrogen (secondary N) is 1. The first-order valence-electron chi connectivity index (χ1n) is 7.69. The molecule has 0 bridgehead atoms. The van der Waals surface area contributed by atoms with Crippen LogP contribution in [0.1, 0.15) is 42.6 Å². The molecule has 0 amide bonds. The van der Waals surface area contributed by atoms with E-state index in [0.717, 1.165) is 18.7 Å². The van der Waals surface area contributed by atoms with Gasteiger partial charge in [-0.25, -0.2) is 0 Å². The molecule has 0 radical (unpaired) electrons. The van der Waals surface area contributed by atoms with Crippen molar-refractivity contribution >= 4 is 0 Å². The van der Waals surface area contributed by atoms with Gasteiger partial charge in [-0.2, -0.15) is 0 Å². The van der Waals surface area contributed by atoms with Crippen LogP contribution >= 0.6 is 0 Å². The zero-order valence-electron chi connectivity index (χ0n) is 13.2. The highest BCUT2D eigenvalue weighted by Crippen LogP contribution is 2.14. The molecule has 2 aromatic carbocycles. The van der Waals surface area contributed by atoms with Gasteiger partial charge in [0.05, 0.1) is 7.05 Å². The Bertz CT molecular complexity index is 533. The van der Waals surface area contributed by atoms with E-state index in [-0.39, 0.29) is 0 Å². The molecule has 1 unspecified atom stereocenters. The van der Waals surface area contributed by atoms with Gasteiger partial charge >= 0.3 is 0 Å². The average molecular weight is 284 g/mol. The van der Waals surface area contributed by atoms with Gasteiger partial charge in [0.25, 0.3) is 0 Å². The first-order chi connectivity index (χ1) is 10.1. The minimum Gasteiger partial charge on any atom is -0.382 e. The minimum atomic E-state index is -0.402. The fourth-order valence-corrected chi connectivity index (χ4v) is 2.56. The van der Waals surface area contributed by atoms with Gasteiger partial charge in [-0.1, -0.05) is 68.4 Å². The third kappa shape index (κ3) is 4.69. The Hall–Kier alpha value is -1.64. The maximum absolute atomic E-state index is 10.3. The van der Waals surface area contributed by atoms with Crippen LogP contribution in [0.25, 0.3) is 0 Å². The van der Waals surface area contributed by atoms with Gasteiger partial charge in [-0.15, -0.1) is 0 Å². The molecular weight excluding hydrogens is 258 g/mol. The van der Waals surface area contributed by atoms with Crippen molar-refractivity contribution in [1.82, 2.24) is 0 Å². The molecule has 0 aliphatic heterocycles. The number of rotatable bonds is 6. The van der Waals surface area contributed by atoms with Gasteiger partial charge in [0.15, 0.2) is 0 Å². The Labute approximate surface area is 128 Å². The van der Waals surface area contributed by atoms with Crippen molar-refractivity contribution in [2.75, 3.05) is 13.6 Å². The highest BCUT2D eigenvalue weighted by molar-refractivity contribution is 5.24. The zero-order chi connectivity index (χ0) is 15.2. The van der Waals surface area contributed by atoms with Crippen LogP contribution in [0.3, 0.4) is 0 Å². The van der Waals surface area contributed by atoms with E-state index in [1.807, 2.05) is 30.3 Å². The molecular formula is C19H26NO+. The molecule has 0 saturated heterocycles. The Morgan fingerprint density at radius 2 is 1.52 bits per heavy atom. The summed E-state index contributed by atoms with van der Waals surface area (Å²) >= 11 is 0. The highest BCUT2D eigenvalue weighted by atomic mass is 16.3. The fraction of sp³-hybridized carbons (Fsp3) is 0.368. The van der Waals surface area contributed by atoms with E-state index in [4.69, 9.17) is 0 Å². The molecule has 0 aromatic heterocycles. The minimum absolute atomic E-state index is 0.402. The normalized spacial score (nSPS) is 14.1. The van der Waals surface area contributed by atoms with E-state index in [9.17, 15) is 5.11 Å². The summed E-state index contributed by atoms with van der Waals surface area (Å²) in [6.07, 6.45) is -0.402. The smallest absolute Gasteiger partial charge is 0.128 e. The van der Waals surface area contributed by atoms with Crippen LogP contribution in [0, 0.1) is 0 Å². The van der Waals surface area contributed by atoms with E-state index in [1.54, 1.807) is 0 Å². The van der Waals surface area contributed by atoms with Crippen molar-refractivity contribution in [2.45, 2.75) is 32.4 Å². The number of hydrogen-bond donors (Lipinski definition) is 2. The lowest BCUT2D eigenvalue weighted by Gasteiger charge is -2.18. The van der Waals surface area contributed by atoms with E-state index in [1.165, 1.54) is 16.0 Å². The van der Waals surface area contributed by atoms with Crippen molar-refractivity contribution in [3.05, 3.63) is 71.3 Å². The number of aliphatic hydroxyl groups excluding tert-OH is 1. The second-order valence-corrected chi connectivity index (χ2v) is 6.16. The Kier molecular flexibility index (Phi) is 5.54. The number of quaternary nitrogens is 1. The summed E-state index contributed by atoms with van der Waals surface area (Å²) in [4.78, 5) is 1.31. The molecule has 21 heavy (non-hydrogen) atoms. The summed E-state index contributed by atoms with van der Waals surface area (Å²) in [6.45, 7) is 6.07. The van der Waals surface area contributed by atoms with E-state index in [0.29, 0.717) is 5.92 Å². The second kappa shape index (κ2) is 7.39. The van der Waals surface area contributed by atoms with Crippen molar-refractivity contribution in [3.63, 3.8) is 0 Å². The molecule has 0 aliphatic carbocycles. The summed E-state index contributed by atoms with van der Waals surface area (Å²) in [6, 6.07) is 18.7. The zero-order valence-corrected chi connectivity index (χ0v) is 13.2. The molecule has 2 rings (SSSR count). The topological polar surface area (TPSA) is 24.7 Å². The number of aliphatic hydroxyl groups is 1. The van der Waals surface area contributed by atoms with Gasteiger partial charge in [-0.3, -0.25) is 0 Å². The van der Waals surface area contributed by atoms with Gasteiger partial charge in [0.2, 0.25) is 0 Å². The number of benzene rings is 2. The third-order valence-electron chi connectivity index (χ3n) is 3.88. The molecule has 0 spiro atoms. The molecule has 2 atom stereocenters. The maximum atomic E-state index is 10.3. The van der Waals surface area contributed by atoms with Crippen molar-refractivity contribution in [3.8, 4) is 0 Å². The lowest BCUT2D eigenvalue weighted by Crippen LogP contribution is -3.08. The van der Waals surface area contributed by atoms with Crippen LogP contribution in [-0.2, 0) is 6.54 Å². The maximum Gasteiger partial charge on any atom is 0.128 e. The lowest BCUT2D eigenvalue weighted by atomic mass is 10.0. The molecule has 0 saturated carbocycles. The van der Waals surface area contributed by atoms with Gasteiger partial charge in [0.1, 0.15) is 19.2 Å². The first kappa shape index (κ1) is 15.7. The summed E-state index contributed by atoms with van der Waals surface area (Å²) in [5.41, 5.74) is 3.69. The number of likely N-dealkylation sites (N-methyl/N-ethyl adjacent to an activating group) is 1. The summed E-state index contributed by atoms with van der Waals surface area (Å²) in [5.74, 6) is 0.573. The van der Waals surface area contributed by atoms with Crippen LogP contribution in [0.4, 0.5) is 0 Å². The fourth-order valence-electron chi connectivity index (χ4n) is 2.56. The standard InChI is InChI=1S/C19H25NO/c1-15(2)17-11-9-16(10-12-17)13-20(3)14-19(21)18-7-5-4-6-8-18/h4-12,15,19,21H,13-14H2,1-3H3/p+1/t19-/m0/s1. The van der Waals surface area contributed by atoms with E-state index in [2.05, 4.69) is 45.2 Å². The summed E-state index contributed by atoms with van der Waals surface area (Å²) in [7, 11) is 2.13. The van der Waals surface area contributed by atoms with Gasteiger partial charge < -0.3 is 10.0 Å². The summed E-state index contributed by atoms with van der Waals surface area (Å²) < 4.78 is 0. The van der Waals surface area contributed by atoms with Crippen LogP contribution in [0.2, 0.25) is 0 Å². The Morgan fingerprint density at radius 1 is 0.905 bits per heavy atom. The number of hydrogen-bond acceptors (Lipinski definition) is 1. The Balaban J connectivity index is 1.91. The third-order valence-corrected chi connectivity index (χ3v) is 3.88. The highest BCUT2D eigenvalue weighted by Gasteiger charge is 2.13. The molecule has 0 aliphatic rings. The van der Waals surface area contributed by atoms with E-state index < -0.39 is 6.10 Å². The molecule has 0 heterocycles. The molecule has 2 aromatic rings. The average Bonchev–Trinajstić information content (AvgIpc) is 2.48. The lowest BCUT2D eigenvalue weighted by molar-refractivity contribution is -0.897. The van der Waals surface area contributed by atoms with Gasteiger partial charge in [-0.05, 0) is 17.0 Å². The monoisotopic (exact) mass is 284 g/mol. The second-order valence-electron chi connectivity index (χ2n) is 6.16. The molecule has 2 N–H and O–H groups in total. The van der Waals surface area contributed by atoms with Crippen LogP contribution in [-0.4, -0.2) is 18.7 Å². The van der Waals surface area contributed by atoms with Crippen molar-refractivity contribution < 1.29 is 10.0 Å². The van der Waals surface area contributed by atoms with Crippen LogP contribution in [0.15, 0.2) is 54.6 Å². The quantitative estimate of drug-likeness (QED) is 0.837. The predicted octanol–water partition coefficient (Wildman–Crippen LogP) is 2.56.